The van der Waals surface area contributed by atoms with E-state index in [9.17, 15) is 44.1 Å². The number of Topliss-reactive ketones (excluding diaryl/α,β-unsaturated/α-hetero) is 1. The Morgan fingerprint density at radius 3 is 2.35 bits per heavy atom. The highest BCUT2D eigenvalue weighted by Crippen LogP contribution is 2.67. The zero-order valence-corrected chi connectivity index (χ0v) is 30.0. The lowest BCUT2D eigenvalue weighted by Crippen LogP contribution is -2.62. The Labute approximate surface area is 298 Å². The van der Waals surface area contributed by atoms with Gasteiger partial charge in [0, 0.05) is 24.7 Å². The van der Waals surface area contributed by atoms with Gasteiger partial charge >= 0.3 is 11.9 Å². The summed E-state index contributed by atoms with van der Waals surface area (Å²) in [5.74, 6) is -4.25. The van der Waals surface area contributed by atoms with E-state index in [1.807, 2.05) is 6.92 Å². The number of amides is 2. The Hall–Kier alpha value is -3.90. The maximum absolute atomic E-state index is 13.6. The molecule has 12 heteroatoms. The van der Waals surface area contributed by atoms with Crippen LogP contribution in [-0.2, 0) is 39.9 Å². The zero-order chi connectivity index (χ0) is 37.3. The number of ketones is 2. The Morgan fingerprint density at radius 1 is 0.980 bits per heavy atom. The van der Waals surface area contributed by atoms with Crippen LogP contribution in [0.25, 0.3) is 0 Å². The van der Waals surface area contributed by atoms with Crippen LogP contribution in [0.1, 0.15) is 91.0 Å². The molecule has 51 heavy (non-hydrogen) atoms. The Kier molecular flexibility index (Phi) is 11.3. The largest absolute Gasteiger partial charge is 0.480 e. The lowest BCUT2D eigenvalue weighted by molar-refractivity contribution is -0.184. The van der Waals surface area contributed by atoms with Crippen molar-refractivity contribution in [2.24, 2.45) is 34.5 Å². The molecule has 4 aliphatic carbocycles. The molecule has 0 aromatic heterocycles. The van der Waals surface area contributed by atoms with Crippen LogP contribution in [-0.4, -0.2) is 81.0 Å². The fourth-order valence-electron chi connectivity index (χ4n) is 9.80. The minimum Gasteiger partial charge on any atom is -0.480 e. The van der Waals surface area contributed by atoms with Gasteiger partial charge in [-0.25, -0.2) is 4.79 Å². The van der Waals surface area contributed by atoms with Crippen LogP contribution in [0.4, 0.5) is 0 Å². The summed E-state index contributed by atoms with van der Waals surface area (Å²) in [5.41, 5.74) is -1.20. The second-order valence-corrected chi connectivity index (χ2v) is 15.9. The van der Waals surface area contributed by atoms with Crippen molar-refractivity contribution in [3.63, 3.8) is 0 Å². The average molecular weight is 709 g/mol. The summed E-state index contributed by atoms with van der Waals surface area (Å²) in [7, 11) is 0. The highest BCUT2D eigenvalue weighted by atomic mass is 16.5. The van der Waals surface area contributed by atoms with Crippen molar-refractivity contribution >= 4 is 35.3 Å². The first kappa shape index (κ1) is 38.3. The van der Waals surface area contributed by atoms with Crippen LogP contribution >= 0.6 is 0 Å². The predicted molar refractivity (Wildman–Crippen MR) is 185 cm³/mol. The molecule has 0 radical (unpaired) electrons. The van der Waals surface area contributed by atoms with Crippen LogP contribution in [0.2, 0.25) is 0 Å². The van der Waals surface area contributed by atoms with E-state index >= 15 is 0 Å². The van der Waals surface area contributed by atoms with Crippen LogP contribution in [0.5, 0.6) is 0 Å². The third-order valence-electron chi connectivity index (χ3n) is 12.6. The summed E-state index contributed by atoms with van der Waals surface area (Å²) in [5, 5.41) is 38.3. The number of carbonyl (C=O) groups excluding carboxylic acids is 5. The predicted octanol–water partition coefficient (Wildman–Crippen LogP) is 3.07. The van der Waals surface area contributed by atoms with Crippen molar-refractivity contribution in [3.05, 3.63) is 47.5 Å². The van der Waals surface area contributed by atoms with E-state index in [1.165, 1.54) is 0 Å². The summed E-state index contributed by atoms with van der Waals surface area (Å²) in [4.78, 5) is 76.1. The number of carbonyl (C=O) groups is 6. The van der Waals surface area contributed by atoms with Crippen LogP contribution in [0, 0.1) is 34.5 Å². The molecule has 0 aliphatic heterocycles. The summed E-state index contributed by atoms with van der Waals surface area (Å²) >= 11 is 0. The SMILES string of the molecule is CC(C)[C@H](NC(=O)CCC(=O)OCC(=O)[C@@]1(O)CC[C@@H]2[C@@H]3CCC4=CC(=O)CC[C@]4(C)[C@@H]3[C@H](O)C[C@@]21C)C(=O)N[C@H](Cc1ccccc1)C(=O)O. The zero-order valence-electron chi connectivity index (χ0n) is 30.0. The number of benzene rings is 1. The van der Waals surface area contributed by atoms with Gasteiger partial charge < -0.3 is 30.7 Å². The quantitative estimate of drug-likeness (QED) is 0.190. The van der Waals surface area contributed by atoms with E-state index in [-0.39, 0.29) is 61.1 Å². The standard InChI is InChI=1S/C39H52N2O10/c1-22(2)34(35(47)40-28(36(48)49)18-23-8-6-5-7-9-23)41-31(45)12-13-32(46)51-21-30(44)39(50)17-15-27-26-11-10-24-19-25(42)14-16-37(24,3)33(26)29(43)20-38(27,39)4/h5-9,19,22,26-29,33-34,43,50H,10-18,20-21H2,1-4H3,(H,40,47)(H,41,45)(H,48,49)/t26-,27+,28+,29+,33-,34-,37-,38-,39-/m0/s1. The lowest BCUT2D eigenvalue weighted by atomic mass is 9.45. The van der Waals surface area contributed by atoms with Gasteiger partial charge in [-0.05, 0) is 79.3 Å². The molecule has 4 aliphatic rings. The minimum atomic E-state index is -1.80. The number of nitrogens with one attached hydrogen (secondary N) is 2. The normalized spacial score (nSPS) is 32.4. The third kappa shape index (κ3) is 7.53. The highest BCUT2D eigenvalue weighted by molar-refractivity contribution is 5.93. The molecule has 3 saturated carbocycles. The van der Waals surface area contributed by atoms with Gasteiger partial charge in [0.2, 0.25) is 17.6 Å². The number of hydrogen-bond acceptors (Lipinski definition) is 9. The number of aliphatic hydroxyl groups excluding tert-OH is 1. The molecule has 0 unspecified atom stereocenters. The first-order valence-electron chi connectivity index (χ1n) is 18.2. The van der Waals surface area contributed by atoms with E-state index in [2.05, 4.69) is 17.6 Å². The molecule has 12 nitrogen and oxygen atoms in total. The van der Waals surface area contributed by atoms with Crippen molar-refractivity contribution in [1.29, 1.82) is 0 Å². The van der Waals surface area contributed by atoms with Gasteiger partial charge in [0.05, 0.1) is 12.5 Å². The Morgan fingerprint density at radius 2 is 1.69 bits per heavy atom. The fourth-order valence-corrected chi connectivity index (χ4v) is 9.80. The first-order valence-corrected chi connectivity index (χ1v) is 18.2. The van der Waals surface area contributed by atoms with Gasteiger partial charge in [-0.2, -0.15) is 0 Å². The Balaban J connectivity index is 1.13. The number of rotatable bonds is 13. The third-order valence-corrected chi connectivity index (χ3v) is 12.6. The maximum atomic E-state index is 13.6. The highest BCUT2D eigenvalue weighted by Gasteiger charge is 2.68. The molecule has 0 heterocycles. The number of carboxylic acids is 1. The summed E-state index contributed by atoms with van der Waals surface area (Å²) in [6.45, 7) is 6.71. The minimum absolute atomic E-state index is 0.0227. The molecular weight excluding hydrogens is 656 g/mol. The van der Waals surface area contributed by atoms with Gasteiger partial charge in [0.15, 0.2) is 12.4 Å². The van der Waals surface area contributed by atoms with E-state index in [0.717, 1.165) is 24.0 Å². The van der Waals surface area contributed by atoms with Gasteiger partial charge in [-0.1, -0.05) is 63.6 Å². The number of esters is 1. The van der Waals surface area contributed by atoms with Gasteiger partial charge in [-0.3, -0.25) is 24.0 Å². The van der Waals surface area contributed by atoms with E-state index in [0.29, 0.717) is 19.3 Å². The van der Waals surface area contributed by atoms with Gasteiger partial charge in [0.1, 0.15) is 17.7 Å². The number of carboxylic acid groups (broad SMARTS) is 1. The maximum Gasteiger partial charge on any atom is 0.326 e. The summed E-state index contributed by atoms with van der Waals surface area (Å²) in [6.07, 6.45) is 3.98. The number of aliphatic carboxylic acids is 1. The lowest BCUT2D eigenvalue weighted by Gasteiger charge is -2.60. The molecule has 0 bridgehead atoms. The van der Waals surface area contributed by atoms with Gasteiger partial charge in [-0.15, -0.1) is 0 Å². The fraction of sp³-hybridized carbons (Fsp3) is 0.641. The van der Waals surface area contributed by atoms with E-state index < -0.39 is 71.3 Å². The number of hydrogen-bond donors (Lipinski definition) is 5. The summed E-state index contributed by atoms with van der Waals surface area (Å²) in [6, 6.07) is 6.57. The van der Waals surface area contributed by atoms with Gasteiger partial charge in [0.25, 0.3) is 0 Å². The van der Waals surface area contributed by atoms with Crippen molar-refractivity contribution in [1.82, 2.24) is 10.6 Å². The molecule has 3 fully saturated rings. The van der Waals surface area contributed by atoms with Crippen LogP contribution in [0.15, 0.2) is 42.0 Å². The molecule has 5 N–H and O–H groups in total. The smallest absolute Gasteiger partial charge is 0.326 e. The topological polar surface area (TPSA) is 196 Å². The molecule has 1 aromatic rings. The van der Waals surface area contributed by atoms with E-state index in [4.69, 9.17) is 4.74 Å². The molecule has 2 amide bonds. The molecule has 1 aromatic carbocycles. The average Bonchev–Trinajstić information content (AvgIpc) is 3.35. The van der Waals surface area contributed by atoms with E-state index in [1.54, 1.807) is 50.3 Å². The number of allylic oxidation sites excluding steroid dienone is 1. The number of aliphatic hydroxyl groups is 2. The first-order chi connectivity index (χ1) is 24.0. The second kappa shape index (κ2) is 15.0. The molecule has 0 spiro atoms. The molecular formula is C39H52N2O10. The van der Waals surface area contributed by atoms with Crippen LogP contribution in [0.3, 0.4) is 0 Å². The van der Waals surface area contributed by atoms with Crippen LogP contribution < -0.4 is 10.6 Å². The molecule has 0 saturated heterocycles. The van der Waals surface area contributed by atoms with Crippen molar-refractivity contribution in [2.45, 2.75) is 116 Å². The monoisotopic (exact) mass is 708 g/mol. The molecule has 278 valence electrons. The van der Waals surface area contributed by atoms with Crippen molar-refractivity contribution in [3.8, 4) is 0 Å². The number of ether oxygens (including phenoxy) is 1. The van der Waals surface area contributed by atoms with Crippen molar-refractivity contribution in [2.75, 3.05) is 6.61 Å². The molecule has 5 rings (SSSR count). The summed E-state index contributed by atoms with van der Waals surface area (Å²) < 4.78 is 5.25. The second-order valence-electron chi connectivity index (χ2n) is 15.9. The number of fused-ring (bicyclic) bond motifs is 5. The van der Waals surface area contributed by atoms with Crippen molar-refractivity contribution < 1.29 is 48.8 Å². The molecule has 9 atom stereocenters. The Bertz CT molecular complexity index is 1570.